The molecule has 28 heavy (non-hydrogen) atoms. The van der Waals surface area contributed by atoms with E-state index in [1.165, 1.54) is 0 Å². The highest BCUT2D eigenvalue weighted by atomic mass is 16.6. The zero-order chi connectivity index (χ0) is 20.8. The van der Waals surface area contributed by atoms with Gasteiger partial charge in [0.2, 0.25) is 0 Å². The van der Waals surface area contributed by atoms with E-state index in [-0.39, 0.29) is 38.3 Å². The van der Waals surface area contributed by atoms with Gasteiger partial charge in [-0.3, -0.25) is 4.79 Å². The molecule has 2 unspecified atom stereocenters. The summed E-state index contributed by atoms with van der Waals surface area (Å²) >= 11 is 0. The maximum atomic E-state index is 11.9. The van der Waals surface area contributed by atoms with Gasteiger partial charge in [-0.2, -0.15) is 0 Å². The number of para-hydroxylation sites is 1. The molecule has 1 amide bonds. The Bertz CT molecular complexity index is 633. The third-order valence-electron chi connectivity index (χ3n) is 3.66. The van der Waals surface area contributed by atoms with Crippen LogP contribution in [0.5, 0.6) is 5.75 Å². The number of hydrogen-bond donors (Lipinski definition) is 1. The van der Waals surface area contributed by atoms with Crippen LogP contribution in [-0.2, 0) is 23.8 Å². The molecule has 1 rings (SSSR count). The number of benzene rings is 1. The molecule has 0 heterocycles. The summed E-state index contributed by atoms with van der Waals surface area (Å²) < 4.78 is 20.8. The highest BCUT2D eigenvalue weighted by Crippen LogP contribution is 2.10. The molecular weight excluding hydrogens is 366 g/mol. The minimum atomic E-state index is -0.802. The van der Waals surface area contributed by atoms with Gasteiger partial charge in [0.25, 0.3) is 0 Å². The number of nitrogens with one attached hydrogen (secondary N) is 1. The Labute approximate surface area is 164 Å². The molecule has 0 aliphatic carbocycles. The van der Waals surface area contributed by atoms with E-state index in [1.807, 2.05) is 25.1 Å². The average molecular weight is 393 g/mol. The summed E-state index contributed by atoms with van der Waals surface area (Å²) in [6, 6.07) is 8.99. The lowest BCUT2D eigenvalue weighted by atomic mass is 10.1. The number of amides is 1. The number of carbonyl (C=O) groups is 3. The van der Waals surface area contributed by atoms with Crippen LogP contribution in [0.25, 0.3) is 0 Å². The summed E-state index contributed by atoms with van der Waals surface area (Å²) in [6.07, 6.45) is 0.134. The Kier molecular flexibility index (Phi) is 10.8. The number of rotatable bonds is 12. The standard InChI is InChI=1S/C20H27NO7/c1-4-15(3)19(23)27-14-17(13-26-16-9-7-6-8-10-16)28-20(24)21-11-12-25-18(22)5-2/h5-10,15,17H,2,4,11-14H2,1,3H3,(H,21,24). The van der Waals surface area contributed by atoms with E-state index >= 15 is 0 Å². The number of ether oxygens (including phenoxy) is 4. The largest absolute Gasteiger partial charge is 0.490 e. The van der Waals surface area contributed by atoms with Crippen molar-refractivity contribution in [3.63, 3.8) is 0 Å². The lowest BCUT2D eigenvalue weighted by Gasteiger charge is -2.19. The molecule has 1 aromatic carbocycles. The first-order valence-corrected chi connectivity index (χ1v) is 9.04. The van der Waals surface area contributed by atoms with Crippen LogP contribution in [0.2, 0.25) is 0 Å². The third-order valence-corrected chi connectivity index (χ3v) is 3.66. The number of carbonyl (C=O) groups excluding carboxylic acids is 3. The third kappa shape index (κ3) is 9.61. The molecule has 154 valence electrons. The monoisotopic (exact) mass is 393 g/mol. The fraction of sp³-hybridized carbons (Fsp3) is 0.450. The molecule has 0 saturated heterocycles. The topological polar surface area (TPSA) is 100 Å². The summed E-state index contributed by atoms with van der Waals surface area (Å²) in [4.78, 5) is 34.7. The quantitative estimate of drug-likeness (QED) is 0.252. The van der Waals surface area contributed by atoms with Crippen LogP contribution < -0.4 is 10.1 Å². The SMILES string of the molecule is C=CC(=O)OCCNC(=O)OC(COC(=O)C(C)CC)COc1ccccc1. The van der Waals surface area contributed by atoms with Crippen molar-refractivity contribution in [3.8, 4) is 5.75 Å². The first kappa shape index (κ1) is 23.0. The molecule has 8 nitrogen and oxygen atoms in total. The lowest BCUT2D eigenvalue weighted by molar-refractivity contribution is -0.151. The van der Waals surface area contributed by atoms with Crippen molar-refractivity contribution in [2.24, 2.45) is 5.92 Å². The number of hydrogen-bond acceptors (Lipinski definition) is 7. The van der Waals surface area contributed by atoms with E-state index in [0.717, 1.165) is 6.08 Å². The molecule has 0 saturated carbocycles. The van der Waals surface area contributed by atoms with Gasteiger partial charge < -0.3 is 24.3 Å². The molecule has 0 spiro atoms. The molecule has 0 aliphatic rings. The predicted octanol–water partition coefficient (Wildman–Crippen LogP) is 2.48. The smallest absolute Gasteiger partial charge is 0.407 e. The fourth-order valence-corrected chi connectivity index (χ4v) is 1.86. The first-order chi connectivity index (χ1) is 13.5. The Hall–Kier alpha value is -3.03. The summed E-state index contributed by atoms with van der Waals surface area (Å²) in [6.45, 7) is 6.84. The van der Waals surface area contributed by atoms with Crippen LogP contribution in [-0.4, -0.2) is 50.5 Å². The molecule has 0 aliphatic heterocycles. The summed E-state index contributed by atoms with van der Waals surface area (Å²) in [5, 5.41) is 2.44. The van der Waals surface area contributed by atoms with Gasteiger partial charge in [-0.1, -0.05) is 38.6 Å². The zero-order valence-corrected chi connectivity index (χ0v) is 16.2. The van der Waals surface area contributed by atoms with Crippen LogP contribution >= 0.6 is 0 Å². The van der Waals surface area contributed by atoms with Gasteiger partial charge >= 0.3 is 18.0 Å². The second-order valence-electron chi connectivity index (χ2n) is 5.89. The van der Waals surface area contributed by atoms with Gasteiger partial charge in [0.15, 0.2) is 6.10 Å². The van der Waals surface area contributed by atoms with Crippen molar-refractivity contribution < 1.29 is 33.3 Å². The van der Waals surface area contributed by atoms with E-state index in [9.17, 15) is 14.4 Å². The van der Waals surface area contributed by atoms with Crippen molar-refractivity contribution in [1.29, 1.82) is 0 Å². The Morgan fingerprint density at radius 1 is 1.14 bits per heavy atom. The molecular formula is C20H27NO7. The van der Waals surface area contributed by atoms with Crippen LogP contribution in [0.1, 0.15) is 20.3 Å². The first-order valence-electron chi connectivity index (χ1n) is 9.04. The van der Waals surface area contributed by atoms with Crippen molar-refractivity contribution in [2.75, 3.05) is 26.4 Å². The highest BCUT2D eigenvalue weighted by molar-refractivity contribution is 5.81. The van der Waals surface area contributed by atoms with E-state index in [4.69, 9.17) is 18.9 Å². The van der Waals surface area contributed by atoms with Crippen LogP contribution in [0.15, 0.2) is 43.0 Å². The van der Waals surface area contributed by atoms with Crippen molar-refractivity contribution in [2.45, 2.75) is 26.4 Å². The Morgan fingerprint density at radius 2 is 1.86 bits per heavy atom. The average Bonchev–Trinajstić information content (AvgIpc) is 2.72. The van der Waals surface area contributed by atoms with Crippen molar-refractivity contribution >= 4 is 18.0 Å². The van der Waals surface area contributed by atoms with Gasteiger partial charge in [0.05, 0.1) is 12.5 Å². The molecule has 0 bridgehead atoms. The number of alkyl carbamates (subject to hydrolysis) is 1. The molecule has 2 atom stereocenters. The van der Waals surface area contributed by atoms with E-state index in [2.05, 4.69) is 11.9 Å². The predicted molar refractivity (Wildman–Crippen MR) is 102 cm³/mol. The summed E-state index contributed by atoms with van der Waals surface area (Å²) in [5.41, 5.74) is 0. The van der Waals surface area contributed by atoms with Crippen LogP contribution in [0.3, 0.4) is 0 Å². The lowest BCUT2D eigenvalue weighted by Crippen LogP contribution is -2.37. The van der Waals surface area contributed by atoms with Crippen LogP contribution in [0, 0.1) is 5.92 Å². The normalized spacial score (nSPS) is 12.2. The molecule has 8 heteroatoms. The van der Waals surface area contributed by atoms with Gasteiger partial charge in [-0.25, -0.2) is 9.59 Å². The zero-order valence-electron chi connectivity index (χ0n) is 16.2. The molecule has 1 aromatic rings. The van der Waals surface area contributed by atoms with E-state index in [1.54, 1.807) is 19.1 Å². The van der Waals surface area contributed by atoms with Gasteiger partial charge in [0, 0.05) is 6.08 Å². The van der Waals surface area contributed by atoms with E-state index in [0.29, 0.717) is 12.2 Å². The van der Waals surface area contributed by atoms with Crippen molar-refractivity contribution in [1.82, 2.24) is 5.32 Å². The maximum absolute atomic E-state index is 11.9. The maximum Gasteiger partial charge on any atom is 0.407 e. The minimum absolute atomic E-state index is 0.0106. The molecule has 0 aromatic heterocycles. The minimum Gasteiger partial charge on any atom is -0.490 e. The fourth-order valence-electron chi connectivity index (χ4n) is 1.86. The van der Waals surface area contributed by atoms with E-state index < -0.39 is 18.2 Å². The highest BCUT2D eigenvalue weighted by Gasteiger charge is 2.20. The molecule has 0 radical (unpaired) electrons. The van der Waals surface area contributed by atoms with Crippen molar-refractivity contribution in [3.05, 3.63) is 43.0 Å². The van der Waals surface area contributed by atoms with Gasteiger partial charge in [-0.05, 0) is 18.6 Å². The summed E-state index contributed by atoms with van der Waals surface area (Å²) in [7, 11) is 0. The van der Waals surface area contributed by atoms with Gasteiger partial charge in [0.1, 0.15) is 25.6 Å². The van der Waals surface area contributed by atoms with Gasteiger partial charge in [-0.15, -0.1) is 0 Å². The van der Waals surface area contributed by atoms with Crippen LogP contribution in [0.4, 0.5) is 4.79 Å². The molecule has 0 fully saturated rings. The second kappa shape index (κ2) is 13.2. The molecule has 1 N–H and O–H groups in total. The second-order valence-corrected chi connectivity index (χ2v) is 5.89. The number of esters is 2. The Balaban J connectivity index is 2.50. The Morgan fingerprint density at radius 3 is 2.50 bits per heavy atom. The summed E-state index contributed by atoms with van der Waals surface area (Å²) in [5.74, 6) is -0.598.